The molecule has 3 aromatic carbocycles. The lowest BCUT2D eigenvalue weighted by atomic mass is 10.1. The first-order valence-electron chi connectivity index (χ1n) is 9.50. The van der Waals surface area contributed by atoms with Crippen molar-refractivity contribution in [3.8, 4) is 17.2 Å². The molecule has 0 bridgehead atoms. The fourth-order valence-corrected chi connectivity index (χ4v) is 2.98. The predicted molar refractivity (Wildman–Crippen MR) is 113 cm³/mol. The van der Waals surface area contributed by atoms with Crippen LogP contribution in [0.4, 0.5) is 4.39 Å². The van der Waals surface area contributed by atoms with Crippen LogP contribution >= 0.6 is 0 Å². The standard InChI is InChI=1S/C24H24FNO4/c1-16(17-4-7-20(25)8-5-17)26-24(27)18-6-13-23(29-3)19(14-18)15-30-22-11-9-21(28-2)10-12-22/h4-14,16H,15H2,1-3H3,(H,26,27). The fraction of sp³-hybridized carbons (Fsp3) is 0.208. The van der Waals surface area contributed by atoms with E-state index in [4.69, 9.17) is 14.2 Å². The molecule has 1 atom stereocenters. The van der Waals surface area contributed by atoms with Gasteiger partial charge in [-0.25, -0.2) is 4.39 Å². The molecule has 0 aliphatic carbocycles. The average molecular weight is 409 g/mol. The molecule has 0 fully saturated rings. The number of methoxy groups -OCH3 is 2. The van der Waals surface area contributed by atoms with Gasteiger partial charge in [-0.2, -0.15) is 0 Å². The maximum absolute atomic E-state index is 13.1. The van der Waals surface area contributed by atoms with Gasteiger partial charge in [-0.3, -0.25) is 4.79 Å². The van der Waals surface area contributed by atoms with Gasteiger partial charge < -0.3 is 19.5 Å². The molecule has 0 aliphatic heterocycles. The summed E-state index contributed by atoms with van der Waals surface area (Å²) in [6, 6.07) is 18.2. The highest BCUT2D eigenvalue weighted by Crippen LogP contribution is 2.24. The van der Waals surface area contributed by atoms with Gasteiger partial charge in [0.05, 0.1) is 20.3 Å². The zero-order chi connectivity index (χ0) is 21.5. The molecule has 0 heterocycles. The Morgan fingerprint density at radius 1 is 0.933 bits per heavy atom. The van der Waals surface area contributed by atoms with Crippen molar-refractivity contribution in [1.82, 2.24) is 5.32 Å². The molecule has 0 radical (unpaired) electrons. The van der Waals surface area contributed by atoms with Crippen LogP contribution in [0.1, 0.15) is 34.5 Å². The summed E-state index contributed by atoms with van der Waals surface area (Å²) >= 11 is 0. The molecule has 5 nitrogen and oxygen atoms in total. The molecular weight excluding hydrogens is 385 g/mol. The molecule has 0 saturated heterocycles. The molecule has 0 aliphatic rings. The van der Waals surface area contributed by atoms with Gasteiger partial charge in [0.1, 0.15) is 29.7 Å². The highest BCUT2D eigenvalue weighted by Gasteiger charge is 2.14. The number of nitrogens with one attached hydrogen (secondary N) is 1. The topological polar surface area (TPSA) is 56.8 Å². The molecule has 6 heteroatoms. The Kier molecular flexibility index (Phi) is 6.91. The summed E-state index contributed by atoms with van der Waals surface area (Å²) in [7, 11) is 3.18. The minimum absolute atomic E-state index is 0.236. The Balaban J connectivity index is 1.70. The van der Waals surface area contributed by atoms with Crippen LogP contribution in [0.15, 0.2) is 66.7 Å². The minimum Gasteiger partial charge on any atom is -0.497 e. The smallest absolute Gasteiger partial charge is 0.251 e. The second-order valence-corrected chi connectivity index (χ2v) is 6.74. The third kappa shape index (κ3) is 5.29. The van der Waals surface area contributed by atoms with Crippen molar-refractivity contribution in [3.05, 3.63) is 89.2 Å². The largest absolute Gasteiger partial charge is 0.497 e. The molecule has 1 N–H and O–H groups in total. The first-order valence-corrected chi connectivity index (χ1v) is 9.50. The van der Waals surface area contributed by atoms with Crippen LogP contribution in [0, 0.1) is 5.82 Å². The molecule has 0 spiro atoms. The van der Waals surface area contributed by atoms with Crippen LogP contribution in [0.25, 0.3) is 0 Å². The van der Waals surface area contributed by atoms with E-state index < -0.39 is 0 Å². The predicted octanol–water partition coefficient (Wildman–Crippen LogP) is 4.91. The number of benzene rings is 3. The number of amides is 1. The van der Waals surface area contributed by atoms with Crippen molar-refractivity contribution < 1.29 is 23.4 Å². The summed E-state index contributed by atoms with van der Waals surface area (Å²) in [5, 5.41) is 2.93. The van der Waals surface area contributed by atoms with Gasteiger partial charge >= 0.3 is 0 Å². The van der Waals surface area contributed by atoms with E-state index >= 15 is 0 Å². The van der Waals surface area contributed by atoms with Crippen molar-refractivity contribution in [2.45, 2.75) is 19.6 Å². The molecule has 0 aromatic heterocycles. The van der Waals surface area contributed by atoms with Gasteiger partial charge in [-0.05, 0) is 67.1 Å². The number of carbonyl (C=O) groups excluding carboxylic acids is 1. The van der Waals surface area contributed by atoms with Crippen molar-refractivity contribution in [1.29, 1.82) is 0 Å². The second kappa shape index (κ2) is 9.78. The summed E-state index contributed by atoms with van der Waals surface area (Å²) < 4.78 is 29.5. The van der Waals surface area contributed by atoms with Gasteiger partial charge in [0.2, 0.25) is 0 Å². The summed E-state index contributed by atoms with van der Waals surface area (Å²) in [5.74, 6) is 1.51. The SMILES string of the molecule is COc1ccc(OCc2cc(C(=O)NC(C)c3ccc(F)cc3)ccc2OC)cc1. The number of carbonyl (C=O) groups is 1. The Morgan fingerprint density at radius 3 is 2.23 bits per heavy atom. The van der Waals surface area contributed by atoms with Crippen molar-refractivity contribution in [2.75, 3.05) is 14.2 Å². The molecule has 3 aromatic rings. The van der Waals surface area contributed by atoms with E-state index in [0.29, 0.717) is 17.1 Å². The number of halogens is 1. The second-order valence-electron chi connectivity index (χ2n) is 6.74. The Labute approximate surface area is 175 Å². The highest BCUT2D eigenvalue weighted by molar-refractivity contribution is 5.94. The van der Waals surface area contributed by atoms with Gasteiger partial charge in [0, 0.05) is 11.1 Å². The fourth-order valence-electron chi connectivity index (χ4n) is 2.98. The maximum atomic E-state index is 13.1. The van der Waals surface area contributed by atoms with E-state index in [9.17, 15) is 9.18 Å². The van der Waals surface area contributed by atoms with E-state index in [1.807, 2.05) is 31.2 Å². The Morgan fingerprint density at radius 2 is 1.60 bits per heavy atom. The lowest BCUT2D eigenvalue weighted by Crippen LogP contribution is -2.26. The van der Waals surface area contributed by atoms with Gasteiger partial charge in [-0.15, -0.1) is 0 Å². The van der Waals surface area contributed by atoms with Gasteiger partial charge in [0.15, 0.2) is 0 Å². The molecule has 3 rings (SSSR count). The van der Waals surface area contributed by atoms with E-state index in [-0.39, 0.29) is 24.4 Å². The normalized spacial score (nSPS) is 11.5. The molecule has 1 amide bonds. The van der Waals surface area contributed by atoms with Crippen LogP contribution in [0.2, 0.25) is 0 Å². The Hall–Kier alpha value is -3.54. The number of rotatable bonds is 8. The summed E-state index contributed by atoms with van der Waals surface area (Å²) in [6.07, 6.45) is 0. The highest BCUT2D eigenvalue weighted by atomic mass is 19.1. The lowest BCUT2D eigenvalue weighted by molar-refractivity contribution is 0.0939. The van der Waals surface area contributed by atoms with Crippen LogP contribution in [0.5, 0.6) is 17.2 Å². The molecule has 0 saturated carbocycles. The van der Waals surface area contributed by atoms with E-state index in [2.05, 4.69) is 5.32 Å². The number of hydrogen-bond donors (Lipinski definition) is 1. The first-order chi connectivity index (χ1) is 14.5. The van der Waals surface area contributed by atoms with Crippen LogP contribution < -0.4 is 19.5 Å². The molecule has 1 unspecified atom stereocenters. The zero-order valence-corrected chi connectivity index (χ0v) is 17.1. The van der Waals surface area contributed by atoms with Crippen molar-refractivity contribution in [3.63, 3.8) is 0 Å². The third-order valence-electron chi connectivity index (χ3n) is 4.71. The van der Waals surface area contributed by atoms with Crippen LogP contribution in [-0.4, -0.2) is 20.1 Å². The van der Waals surface area contributed by atoms with Gasteiger partial charge in [-0.1, -0.05) is 12.1 Å². The lowest BCUT2D eigenvalue weighted by Gasteiger charge is -2.16. The van der Waals surface area contributed by atoms with Crippen LogP contribution in [0.3, 0.4) is 0 Å². The summed E-state index contributed by atoms with van der Waals surface area (Å²) in [5.41, 5.74) is 2.05. The van der Waals surface area contributed by atoms with Crippen LogP contribution in [-0.2, 0) is 6.61 Å². The quantitative estimate of drug-likeness (QED) is 0.574. The van der Waals surface area contributed by atoms with Crippen molar-refractivity contribution in [2.24, 2.45) is 0 Å². The monoisotopic (exact) mass is 409 g/mol. The van der Waals surface area contributed by atoms with E-state index in [1.54, 1.807) is 44.6 Å². The molecular formula is C24H24FNO4. The molecule has 156 valence electrons. The third-order valence-corrected chi connectivity index (χ3v) is 4.71. The summed E-state index contributed by atoms with van der Waals surface area (Å²) in [4.78, 5) is 12.7. The minimum atomic E-state index is -0.311. The maximum Gasteiger partial charge on any atom is 0.251 e. The first kappa shape index (κ1) is 21.2. The average Bonchev–Trinajstić information content (AvgIpc) is 2.78. The number of hydrogen-bond acceptors (Lipinski definition) is 4. The van der Waals surface area contributed by atoms with Crippen molar-refractivity contribution >= 4 is 5.91 Å². The van der Waals surface area contributed by atoms with E-state index in [0.717, 1.165) is 16.9 Å². The molecule has 30 heavy (non-hydrogen) atoms. The van der Waals surface area contributed by atoms with E-state index in [1.165, 1.54) is 12.1 Å². The number of ether oxygens (including phenoxy) is 3. The van der Waals surface area contributed by atoms with Gasteiger partial charge in [0.25, 0.3) is 5.91 Å². The zero-order valence-electron chi connectivity index (χ0n) is 17.1. The Bertz CT molecular complexity index is 987. The summed E-state index contributed by atoms with van der Waals surface area (Å²) in [6.45, 7) is 2.09.